The first-order chi connectivity index (χ1) is 14.5. The number of benzene rings is 2. The van der Waals surface area contributed by atoms with Crippen LogP contribution in [-0.2, 0) is 11.3 Å². The van der Waals surface area contributed by atoms with Crippen LogP contribution in [0.2, 0.25) is 0 Å². The number of hydrogen-bond donors (Lipinski definition) is 0. The molecular weight excluding hydrogens is 376 g/mol. The maximum absolute atomic E-state index is 13.4. The molecule has 0 saturated carbocycles. The molecule has 4 rings (SSSR count). The Hall–Kier alpha value is -2.99. The molecule has 6 heteroatoms. The molecule has 1 aliphatic rings. The molecule has 0 unspecified atom stereocenters. The van der Waals surface area contributed by atoms with Crippen LogP contribution < -0.4 is 5.56 Å². The largest absolute Gasteiger partial charge is 0.338 e. The lowest BCUT2D eigenvalue weighted by atomic mass is 10.0. The molecule has 30 heavy (non-hydrogen) atoms. The molecule has 0 bridgehead atoms. The van der Waals surface area contributed by atoms with Crippen molar-refractivity contribution in [2.75, 3.05) is 26.2 Å². The topological polar surface area (TPSA) is 58.4 Å². The third kappa shape index (κ3) is 4.14. The lowest BCUT2D eigenvalue weighted by molar-refractivity contribution is -0.138. The van der Waals surface area contributed by atoms with Crippen LogP contribution in [0.1, 0.15) is 25.5 Å². The molecule has 3 aromatic rings. The Morgan fingerprint density at radius 2 is 1.63 bits per heavy atom. The van der Waals surface area contributed by atoms with Gasteiger partial charge in [0.25, 0.3) is 5.56 Å². The minimum atomic E-state index is -0.546. The number of rotatable bonds is 5. The van der Waals surface area contributed by atoms with Crippen molar-refractivity contribution < 1.29 is 4.79 Å². The van der Waals surface area contributed by atoms with Crippen molar-refractivity contribution in [3.05, 3.63) is 76.8 Å². The number of aromatic nitrogens is 2. The van der Waals surface area contributed by atoms with Gasteiger partial charge in [-0.25, -0.2) is 4.98 Å². The van der Waals surface area contributed by atoms with Gasteiger partial charge in [-0.3, -0.25) is 19.1 Å². The third-order valence-corrected chi connectivity index (χ3v) is 5.81. The molecule has 0 radical (unpaired) electrons. The van der Waals surface area contributed by atoms with Gasteiger partial charge in [0.2, 0.25) is 5.91 Å². The lowest BCUT2D eigenvalue weighted by Gasteiger charge is -2.37. The average molecular weight is 405 g/mol. The van der Waals surface area contributed by atoms with Gasteiger partial charge < -0.3 is 4.90 Å². The standard InChI is InChI=1S/C24H28N4O2/c1-18(2)22(28-17-25-21-11-7-6-10-20(21)23(28)29)24(30)27-14-12-26(13-15-27)16-19-8-4-3-5-9-19/h3-11,17-18,22H,12-16H2,1-2H3/t22-/m0/s1. The molecule has 1 amide bonds. The molecule has 1 atom stereocenters. The van der Waals surface area contributed by atoms with Crippen LogP contribution in [-0.4, -0.2) is 51.4 Å². The summed E-state index contributed by atoms with van der Waals surface area (Å²) in [6, 6.07) is 17.1. The Morgan fingerprint density at radius 1 is 0.967 bits per heavy atom. The average Bonchev–Trinajstić information content (AvgIpc) is 2.76. The summed E-state index contributed by atoms with van der Waals surface area (Å²) in [5, 5.41) is 0.547. The van der Waals surface area contributed by atoms with Gasteiger partial charge in [0.15, 0.2) is 0 Å². The molecule has 2 aromatic carbocycles. The van der Waals surface area contributed by atoms with Gasteiger partial charge in [0.05, 0.1) is 17.2 Å². The fraction of sp³-hybridized carbons (Fsp3) is 0.375. The van der Waals surface area contributed by atoms with Crippen LogP contribution in [0.25, 0.3) is 10.9 Å². The maximum Gasteiger partial charge on any atom is 0.261 e. The van der Waals surface area contributed by atoms with Crippen LogP contribution in [0.5, 0.6) is 0 Å². The molecule has 1 saturated heterocycles. The Balaban J connectivity index is 1.50. The molecule has 6 nitrogen and oxygen atoms in total. The second-order valence-corrected chi connectivity index (χ2v) is 8.25. The maximum atomic E-state index is 13.4. The SMILES string of the molecule is CC(C)[C@@H](C(=O)N1CCN(Cc2ccccc2)CC1)n1cnc2ccccc2c1=O. The van der Waals surface area contributed by atoms with Gasteiger partial charge in [-0.2, -0.15) is 0 Å². The van der Waals surface area contributed by atoms with E-state index in [1.54, 1.807) is 6.07 Å². The number of nitrogens with zero attached hydrogens (tertiary/aromatic N) is 4. The van der Waals surface area contributed by atoms with Crippen LogP contribution >= 0.6 is 0 Å². The minimum Gasteiger partial charge on any atom is -0.338 e. The van der Waals surface area contributed by atoms with E-state index in [0.29, 0.717) is 24.0 Å². The lowest BCUT2D eigenvalue weighted by Crippen LogP contribution is -2.51. The summed E-state index contributed by atoms with van der Waals surface area (Å²) in [6.07, 6.45) is 1.53. The van der Waals surface area contributed by atoms with Crippen molar-refractivity contribution in [1.29, 1.82) is 0 Å². The van der Waals surface area contributed by atoms with Crippen molar-refractivity contribution in [3.8, 4) is 0 Å². The number of hydrogen-bond acceptors (Lipinski definition) is 4. The van der Waals surface area contributed by atoms with Crippen molar-refractivity contribution >= 4 is 16.8 Å². The highest BCUT2D eigenvalue weighted by atomic mass is 16.2. The fourth-order valence-corrected chi connectivity index (χ4v) is 4.16. The Morgan fingerprint density at radius 3 is 2.33 bits per heavy atom. The summed E-state index contributed by atoms with van der Waals surface area (Å²) < 4.78 is 1.52. The van der Waals surface area contributed by atoms with E-state index in [1.807, 2.05) is 43.0 Å². The van der Waals surface area contributed by atoms with Gasteiger partial charge in [0, 0.05) is 32.7 Å². The summed E-state index contributed by atoms with van der Waals surface area (Å²) in [7, 11) is 0. The van der Waals surface area contributed by atoms with Crippen LogP contribution in [0.3, 0.4) is 0 Å². The fourth-order valence-electron chi connectivity index (χ4n) is 4.16. The van der Waals surface area contributed by atoms with Crippen LogP contribution in [0, 0.1) is 5.92 Å². The summed E-state index contributed by atoms with van der Waals surface area (Å²) in [6.45, 7) is 7.86. The van der Waals surface area contributed by atoms with Gasteiger partial charge in [-0.15, -0.1) is 0 Å². The van der Waals surface area contributed by atoms with Crippen molar-refractivity contribution in [2.24, 2.45) is 5.92 Å². The first-order valence-corrected chi connectivity index (χ1v) is 10.6. The molecule has 0 N–H and O–H groups in total. The van der Waals surface area contributed by atoms with E-state index < -0.39 is 6.04 Å². The molecule has 156 valence electrons. The van der Waals surface area contributed by atoms with Gasteiger partial charge in [0.1, 0.15) is 6.04 Å². The number of para-hydroxylation sites is 1. The minimum absolute atomic E-state index is 0.00328. The quantitative estimate of drug-likeness (QED) is 0.656. The highest BCUT2D eigenvalue weighted by Crippen LogP contribution is 2.21. The summed E-state index contributed by atoms with van der Waals surface area (Å²) in [5.74, 6) is -0.0101. The zero-order chi connectivity index (χ0) is 21.1. The van der Waals surface area contributed by atoms with E-state index in [4.69, 9.17) is 0 Å². The summed E-state index contributed by atoms with van der Waals surface area (Å²) >= 11 is 0. The van der Waals surface area contributed by atoms with Crippen molar-refractivity contribution in [2.45, 2.75) is 26.4 Å². The van der Waals surface area contributed by atoms with Crippen LogP contribution in [0.4, 0.5) is 0 Å². The zero-order valence-electron chi connectivity index (χ0n) is 17.6. The normalized spacial score (nSPS) is 16.2. The Labute approximate surface area is 176 Å². The first kappa shape index (κ1) is 20.3. The number of carbonyl (C=O) groups is 1. The molecule has 1 fully saturated rings. The predicted octanol–water partition coefficient (Wildman–Crippen LogP) is 2.94. The number of amides is 1. The zero-order valence-corrected chi connectivity index (χ0v) is 17.6. The van der Waals surface area contributed by atoms with E-state index in [-0.39, 0.29) is 17.4 Å². The first-order valence-electron chi connectivity index (χ1n) is 10.6. The molecular formula is C24H28N4O2. The molecule has 0 aliphatic carbocycles. The van der Waals surface area contributed by atoms with E-state index >= 15 is 0 Å². The van der Waals surface area contributed by atoms with Crippen molar-refractivity contribution in [3.63, 3.8) is 0 Å². The summed E-state index contributed by atoms with van der Waals surface area (Å²) in [5.41, 5.74) is 1.78. The van der Waals surface area contributed by atoms with E-state index in [1.165, 1.54) is 16.5 Å². The predicted molar refractivity (Wildman–Crippen MR) is 118 cm³/mol. The monoisotopic (exact) mass is 404 g/mol. The van der Waals surface area contributed by atoms with Gasteiger partial charge in [-0.05, 0) is 23.6 Å². The highest BCUT2D eigenvalue weighted by molar-refractivity contribution is 5.82. The van der Waals surface area contributed by atoms with Crippen molar-refractivity contribution in [1.82, 2.24) is 19.4 Å². The molecule has 2 heterocycles. The smallest absolute Gasteiger partial charge is 0.261 e. The molecule has 1 aromatic heterocycles. The van der Waals surface area contributed by atoms with Gasteiger partial charge in [-0.1, -0.05) is 56.3 Å². The second kappa shape index (κ2) is 8.79. The van der Waals surface area contributed by atoms with Gasteiger partial charge >= 0.3 is 0 Å². The molecule has 1 aliphatic heterocycles. The van der Waals surface area contributed by atoms with E-state index in [9.17, 15) is 9.59 Å². The van der Waals surface area contributed by atoms with E-state index in [0.717, 1.165) is 19.6 Å². The highest BCUT2D eigenvalue weighted by Gasteiger charge is 2.31. The summed E-state index contributed by atoms with van der Waals surface area (Å²) in [4.78, 5) is 35.2. The van der Waals surface area contributed by atoms with E-state index in [2.05, 4.69) is 34.1 Å². The number of carbonyl (C=O) groups excluding carboxylic acids is 1. The number of piperazine rings is 1. The van der Waals surface area contributed by atoms with Crippen LogP contribution in [0.15, 0.2) is 65.7 Å². The Kier molecular flexibility index (Phi) is 5.95. The Bertz CT molecular complexity index is 1070. The second-order valence-electron chi connectivity index (χ2n) is 8.25. The third-order valence-electron chi connectivity index (χ3n) is 5.81. The molecule has 0 spiro atoms. The number of fused-ring (bicyclic) bond motifs is 1.